The molecule has 0 bridgehead atoms. The number of thiazole rings is 1. The summed E-state index contributed by atoms with van der Waals surface area (Å²) in [5, 5.41) is 6.15. The van der Waals surface area contributed by atoms with Gasteiger partial charge in [-0.25, -0.2) is 0 Å². The summed E-state index contributed by atoms with van der Waals surface area (Å²) >= 11 is 1.37. The fraction of sp³-hybridized carbons (Fsp3) is 0.500. The van der Waals surface area contributed by atoms with Crippen LogP contribution < -0.4 is 10.6 Å². The van der Waals surface area contributed by atoms with Gasteiger partial charge in [0.05, 0.1) is 11.7 Å². The molecule has 0 aliphatic carbocycles. The van der Waals surface area contributed by atoms with E-state index in [0.717, 1.165) is 19.5 Å². The van der Waals surface area contributed by atoms with Crippen LogP contribution in [0.4, 0.5) is 0 Å². The zero-order valence-corrected chi connectivity index (χ0v) is 7.93. The summed E-state index contributed by atoms with van der Waals surface area (Å²) < 4.78 is 0. The van der Waals surface area contributed by atoms with Crippen LogP contribution in [0.15, 0.2) is 11.7 Å². The standard InChI is InChI=1S/C8H11N3OS/c12-8(7-4-10-5-13-7)11-6-1-2-9-3-6/h4-6,9H,1-3H2,(H,11,12)/t6-/m1/s1. The van der Waals surface area contributed by atoms with Crippen LogP contribution in [0.3, 0.4) is 0 Å². The van der Waals surface area contributed by atoms with E-state index >= 15 is 0 Å². The number of nitrogens with zero attached hydrogens (tertiary/aromatic N) is 1. The molecule has 2 N–H and O–H groups in total. The number of nitrogens with one attached hydrogen (secondary N) is 2. The Morgan fingerprint density at radius 3 is 3.31 bits per heavy atom. The van der Waals surface area contributed by atoms with Gasteiger partial charge in [-0.15, -0.1) is 11.3 Å². The van der Waals surface area contributed by atoms with Gasteiger partial charge in [-0.05, 0) is 13.0 Å². The fourth-order valence-corrected chi connectivity index (χ4v) is 1.89. The zero-order valence-electron chi connectivity index (χ0n) is 7.12. The lowest BCUT2D eigenvalue weighted by molar-refractivity contribution is 0.0944. The molecule has 1 aromatic heterocycles. The van der Waals surface area contributed by atoms with Gasteiger partial charge >= 0.3 is 0 Å². The van der Waals surface area contributed by atoms with Crippen molar-refractivity contribution in [3.63, 3.8) is 0 Å². The van der Waals surface area contributed by atoms with Crippen molar-refractivity contribution in [1.29, 1.82) is 0 Å². The monoisotopic (exact) mass is 197 g/mol. The second-order valence-electron chi connectivity index (χ2n) is 3.03. The highest BCUT2D eigenvalue weighted by Crippen LogP contribution is 2.06. The summed E-state index contributed by atoms with van der Waals surface area (Å²) in [5.41, 5.74) is 1.67. The van der Waals surface area contributed by atoms with Crippen LogP contribution in [0.5, 0.6) is 0 Å². The van der Waals surface area contributed by atoms with Crippen LogP contribution >= 0.6 is 11.3 Å². The van der Waals surface area contributed by atoms with Crippen molar-refractivity contribution in [2.45, 2.75) is 12.5 Å². The van der Waals surface area contributed by atoms with Crippen molar-refractivity contribution in [3.05, 3.63) is 16.6 Å². The Morgan fingerprint density at radius 2 is 2.69 bits per heavy atom. The number of hydrogen-bond acceptors (Lipinski definition) is 4. The third kappa shape index (κ3) is 2.05. The Bertz CT molecular complexity index is 280. The Kier molecular flexibility index (Phi) is 2.56. The number of hydrogen-bond donors (Lipinski definition) is 2. The van der Waals surface area contributed by atoms with E-state index in [1.807, 2.05) is 0 Å². The Morgan fingerprint density at radius 1 is 1.77 bits per heavy atom. The number of carbonyl (C=O) groups excluding carboxylic acids is 1. The van der Waals surface area contributed by atoms with Gasteiger partial charge in [-0.3, -0.25) is 9.78 Å². The average Bonchev–Trinajstić information content (AvgIpc) is 2.74. The molecule has 70 valence electrons. The second-order valence-corrected chi connectivity index (χ2v) is 3.92. The van der Waals surface area contributed by atoms with Gasteiger partial charge in [-0.2, -0.15) is 0 Å². The van der Waals surface area contributed by atoms with Crippen molar-refractivity contribution in [2.24, 2.45) is 0 Å². The highest BCUT2D eigenvalue weighted by atomic mass is 32.1. The smallest absolute Gasteiger partial charge is 0.263 e. The number of aromatic nitrogens is 1. The number of amides is 1. The maximum absolute atomic E-state index is 11.5. The molecule has 5 heteroatoms. The predicted molar refractivity (Wildman–Crippen MR) is 50.9 cm³/mol. The van der Waals surface area contributed by atoms with Gasteiger partial charge in [0, 0.05) is 12.6 Å². The zero-order chi connectivity index (χ0) is 9.10. The Labute approximate surface area is 80.4 Å². The van der Waals surface area contributed by atoms with E-state index in [4.69, 9.17) is 0 Å². The summed E-state index contributed by atoms with van der Waals surface area (Å²) in [7, 11) is 0. The van der Waals surface area contributed by atoms with Crippen LogP contribution in [0.2, 0.25) is 0 Å². The summed E-state index contributed by atoms with van der Waals surface area (Å²) in [6.45, 7) is 1.87. The summed E-state index contributed by atoms with van der Waals surface area (Å²) in [5.74, 6) is -0.00352. The highest BCUT2D eigenvalue weighted by Gasteiger charge is 2.17. The molecule has 1 aliphatic rings. The van der Waals surface area contributed by atoms with Gasteiger partial charge in [0.2, 0.25) is 0 Å². The largest absolute Gasteiger partial charge is 0.347 e. The van der Waals surface area contributed by atoms with Crippen molar-refractivity contribution < 1.29 is 4.79 Å². The maximum atomic E-state index is 11.5. The van der Waals surface area contributed by atoms with Crippen LogP contribution in [0.25, 0.3) is 0 Å². The Balaban J connectivity index is 1.91. The molecular formula is C8H11N3OS. The minimum atomic E-state index is -0.00352. The summed E-state index contributed by atoms with van der Waals surface area (Å²) in [4.78, 5) is 16.0. The van der Waals surface area contributed by atoms with Gasteiger partial charge in [0.1, 0.15) is 4.88 Å². The molecule has 1 fully saturated rings. The molecule has 0 spiro atoms. The van der Waals surface area contributed by atoms with Gasteiger partial charge in [0.25, 0.3) is 5.91 Å². The normalized spacial score (nSPS) is 21.7. The molecular weight excluding hydrogens is 186 g/mol. The number of carbonyl (C=O) groups is 1. The maximum Gasteiger partial charge on any atom is 0.263 e. The first-order valence-electron chi connectivity index (χ1n) is 4.26. The molecule has 0 aromatic carbocycles. The average molecular weight is 197 g/mol. The molecule has 0 radical (unpaired) electrons. The molecule has 0 saturated carbocycles. The minimum absolute atomic E-state index is 0.00352. The quantitative estimate of drug-likeness (QED) is 0.714. The first-order chi connectivity index (χ1) is 6.36. The topological polar surface area (TPSA) is 54.0 Å². The molecule has 2 rings (SSSR count). The predicted octanol–water partition coefficient (Wildman–Crippen LogP) is 0.235. The van der Waals surface area contributed by atoms with Gasteiger partial charge in [0.15, 0.2) is 0 Å². The lowest BCUT2D eigenvalue weighted by atomic mass is 10.2. The van der Waals surface area contributed by atoms with Gasteiger partial charge in [-0.1, -0.05) is 0 Å². The third-order valence-corrected chi connectivity index (χ3v) is 2.82. The molecule has 1 atom stereocenters. The van der Waals surface area contributed by atoms with E-state index in [-0.39, 0.29) is 11.9 Å². The molecule has 1 aliphatic heterocycles. The molecule has 4 nitrogen and oxygen atoms in total. The van der Waals surface area contributed by atoms with Crippen LogP contribution in [0, 0.1) is 0 Å². The first kappa shape index (κ1) is 8.65. The van der Waals surface area contributed by atoms with E-state index < -0.39 is 0 Å². The third-order valence-electron chi connectivity index (χ3n) is 2.05. The van der Waals surface area contributed by atoms with Crippen molar-refractivity contribution in [3.8, 4) is 0 Å². The molecule has 1 aromatic rings. The van der Waals surface area contributed by atoms with Crippen molar-refractivity contribution in [1.82, 2.24) is 15.6 Å². The molecule has 1 amide bonds. The van der Waals surface area contributed by atoms with E-state index in [1.165, 1.54) is 11.3 Å². The molecule has 1 saturated heterocycles. The summed E-state index contributed by atoms with van der Waals surface area (Å²) in [6, 6.07) is 0.287. The Hall–Kier alpha value is -0.940. The van der Waals surface area contributed by atoms with Crippen LogP contribution in [-0.2, 0) is 0 Å². The first-order valence-corrected chi connectivity index (χ1v) is 5.14. The van der Waals surface area contributed by atoms with Crippen molar-refractivity contribution >= 4 is 17.2 Å². The lowest BCUT2D eigenvalue weighted by Crippen LogP contribution is -2.35. The van der Waals surface area contributed by atoms with Crippen LogP contribution in [-0.4, -0.2) is 30.0 Å². The molecule has 13 heavy (non-hydrogen) atoms. The van der Waals surface area contributed by atoms with E-state index in [2.05, 4.69) is 15.6 Å². The van der Waals surface area contributed by atoms with Crippen LogP contribution in [0.1, 0.15) is 16.1 Å². The fourth-order valence-electron chi connectivity index (χ4n) is 1.36. The van der Waals surface area contributed by atoms with E-state index in [0.29, 0.717) is 4.88 Å². The highest BCUT2D eigenvalue weighted by molar-refractivity contribution is 7.11. The lowest BCUT2D eigenvalue weighted by Gasteiger charge is -2.09. The van der Waals surface area contributed by atoms with Crippen molar-refractivity contribution in [2.75, 3.05) is 13.1 Å². The minimum Gasteiger partial charge on any atom is -0.347 e. The molecule has 2 heterocycles. The van der Waals surface area contributed by atoms with E-state index in [1.54, 1.807) is 11.7 Å². The SMILES string of the molecule is O=C(N[C@@H]1CCNC1)c1cncs1. The molecule has 0 unspecified atom stereocenters. The van der Waals surface area contributed by atoms with Gasteiger partial charge < -0.3 is 10.6 Å². The van der Waals surface area contributed by atoms with E-state index in [9.17, 15) is 4.79 Å². The summed E-state index contributed by atoms with van der Waals surface area (Å²) in [6.07, 6.45) is 2.62. The number of rotatable bonds is 2. The second kappa shape index (κ2) is 3.85.